The fourth-order valence-corrected chi connectivity index (χ4v) is 2.26. The second kappa shape index (κ2) is 9.25. The van der Waals surface area contributed by atoms with E-state index in [2.05, 4.69) is 5.32 Å². The summed E-state index contributed by atoms with van der Waals surface area (Å²) in [4.78, 5) is 12.9. The van der Waals surface area contributed by atoms with Crippen LogP contribution in [0.25, 0.3) is 0 Å². The highest BCUT2D eigenvalue weighted by Gasteiger charge is 2.10. The topological polar surface area (TPSA) is 42.8 Å². The zero-order valence-corrected chi connectivity index (χ0v) is 14.3. The molecule has 2 rings (SSSR count). The molecule has 0 radical (unpaired) electrons. The zero-order chi connectivity index (χ0) is 17.4. The summed E-state index contributed by atoms with van der Waals surface area (Å²) in [6.45, 7) is 1.67. The van der Waals surface area contributed by atoms with Crippen molar-refractivity contribution in [3.05, 3.63) is 64.9 Å². The van der Waals surface area contributed by atoms with Gasteiger partial charge in [0, 0.05) is 17.1 Å². The number of amides is 1. The minimum absolute atomic E-state index is 0.123. The third kappa shape index (κ3) is 6.18. The molecule has 0 saturated heterocycles. The lowest BCUT2D eigenvalue weighted by atomic mass is 10.2. The van der Waals surface area contributed by atoms with Crippen molar-refractivity contribution < 1.29 is 18.8 Å². The van der Waals surface area contributed by atoms with Gasteiger partial charge in [-0.05, 0) is 30.3 Å². The molecule has 2 aromatic rings. The van der Waals surface area contributed by atoms with Crippen LogP contribution >= 0.6 is 11.6 Å². The number of quaternary nitrogens is 1. The highest BCUT2D eigenvalue weighted by Crippen LogP contribution is 2.14. The first-order valence-electron chi connectivity index (χ1n) is 7.74. The minimum atomic E-state index is -0.310. The number of likely N-dealkylation sites (N-methyl/N-ethyl adjacent to an activating group) is 1. The Bertz CT molecular complexity index is 664. The maximum Gasteiger partial charge on any atom is 0.275 e. The van der Waals surface area contributed by atoms with Crippen LogP contribution in [-0.4, -0.2) is 32.7 Å². The number of hydrogen-bond acceptors (Lipinski definition) is 2. The van der Waals surface area contributed by atoms with Crippen molar-refractivity contribution in [2.24, 2.45) is 0 Å². The monoisotopic (exact) mass is 351 g/mol. The molecule has 4 nitrogen and oxygen atoms in total. The van der Waals surface area contributed by atoms with E-state index in [4.69, 9.17) is 16.3 Å². The van der Waals surface area contributed by atoms with Gasteiger partial charge in [-0.25, -0.2) is 4.39 Å². The molecule has 1 amide bonds. The van der Waals surface area contributed by atoms with Gasteiger partial charge in [0.15, 0.2) is 6.54 Å². The first-order chi connectivity index (χ1) is 11.5. The number of halogens is 2. The molecule has 6 heteroatoms. The quantitative estimate of drug-likeness (QED) is 0.760. The molecule has 0 saturated carbocycles. The van der Waals surface area contributed by atoms with Gasteiger partial charge in [0.25, 0.3) is 5.91 Å². The molecular weight excluding hydrogens is 331 g/mol. The largest absolute Gasteiger partial charge is 0.488 e. The minimum Gasteiger partial charge on any atom is -0.488 e. The molecule has 2 N–H and O–H groups in total. The Morgan fingerprint density at radius 2 is 1.92 bits per heavy atom. The van der Waals surface area contributed by atoms with Gasteiger partial charge in [-0.1, -0.05) is 29.8 Å². The van der Waals surface area contributed by atoms with E-state index < -0.39 is 0 Å². The van der Waals surface area contributed by atoms with Crippen molar-refractivity contribution in [3.8, 4) is 5.75 Å². The summed E-state index contributed by atoms with van der Waals surface area (Å²) in [6, 6.07) is 13.6. The van der Waals surface area contributed by atoms with Crippen LogP contribution in [0.4, 0.5) is 4.39 Å². The molecule has 0 fully saturated rings. The van der Waals surface area contributed by atoms with E-state index in [9.17, 15) is 9.18 Å². The van der Waals surface area contributed by atoms with E-state index in [1.165, 1.54) is 6.07 Å². The Labute approximate surface area is 146 Å². The Balaban J connectivity index is 1.66. The van der Waals surface area contributed by atoms with Crippen LogP contribution in [0, 0.1) is 5.82 Å². The van der Waals surface area contributed by atoms with Crippen LogP contribution in [0.1, 0.15) is 5.56 Å². The first-order valence-corrected chi connectivity index (χ1v) is 8.12. The number of carbonyl (C=O) groups excluding carboxylic acids is 1. The zero-order valence-electron chi connectivity index (χ0n) is 13.5. The lowest BCUT2D eigenvalue weighted by Crippen LogP contribution is -3.10. The number of hydrogen-bond donors (Lipinski definition) is 2. The molecule has 1 unspecified atom stereocenters. The summed E-state index contributed by atoms with van der Waals surface area (Å²) in [6.07, 6.45) is 0. The average Bonchev–Trinajstić information content (AvgIpc) is 2.56. The average molecular weight is 352 g/mol. The highest BCUT2D eigenvalue weighted by atomic mass is 35.5. The summed E-state index contributed by atoms with van der Waals surface area (Å²) in [5, 5.41) is 3.39. The molecule has 2 aromatic carbocycles. The summed E-state index contributed by atoms with van der Waals surface area (Å²) >= 11 is 5.81. The van der Waals surface area contributed by atoms with Gasteiger partial charge >= 0.3 is 0 Å². The SMILES string of the molecule is C[NH+](CCOc1ccc(Cl)cc1)CC(=O)NCc1ccccc1F. The maximum absolute atomic E-state index is 13.5. The molecule has 0 aliphatic heterocycles. The second-order valence-electron chi connectivity index (χ2n) is 5.55. The molecule has 0 aliphatic carbocycles. The molecule has 24 heavy (non-hydrogen) atoms. The standard InChI is InChI=1S/C18H20ClFN2O2/c1-22(10-11-24-16-8-6-15(19)7-9-16)13-18(23)21-12-14-4-2-3-5-17(14)20/h2-9H,10-13H2,1H3,(H,21,23)/p+1. The molecule has 0 spiro atoms. The van der Waals surface area contributed by atoms with Crippen LogP contribution < -0.4 is 15.0 Å². The van der Waals surface area contributed by atoms with Gasteiger partial charge in [0.1, 0.15) is 24.7 Å². The van der Waals surface area contributed by atoms with Crippen molar-refractivity contribution in [3.63, 3.8) is 0 Å². The van der Waals surface area contributed by atoms with Gasteiger partial charge < -0.3 is 15.0 Å². The van der Waals surface area contributed by atoms with Crippen LogP contribution in [-0.2, 0) is 11.3 Å². The molecule has 0 heterocycles. The van der Waals surface area contributed by atoms with Crippen molar-refractivity contribution in [1.29, 1.82) is 0 Å². The van der Waals surface area contributed by atoms with E-state index in [0.717, 1.165) is 10.6 Å². The normalized spacial score (nSPS) is 11.8. The van der Waals surface area contributed by atoms with Crippen LogP contribution in [0.2, 0.25) is 5.02 Å². The van der Waals surface area contributed by atoms with Gasteiger partial charge in [-0.15, -0.1) is 0 Å². The second-order valence-corrected chi connectivity index (χ2v) is 5.99. The van der Waals surface area contributed by atoms with E-state index in [1.807, 2.05) is 7.05 Å². The lowest BCUT2D eigenvalue weighted by molar-refractivity contribution is -0.871. The Morgan fingerprint density at radius 1 is 1.21 bits per heavy atom. The van der Waals surface area contributed by atoms with Crippen molar-refractivity contribution in [2.75, 3.05) is 26.7 Å². The molecule has 128 valence electrons. The number of carbonyl (C=O) groups is 1. The van der Waals surface area contributed by atoms with Crippen LogP contribution in [0.5, 0.6) is 5.75 Å². The third-order valence-electron chi connectivity index (χ3n) is 3.51. The fourth-order valence-electron chi connectivity index (χ4n) is 2.13. The van der Waals surface area contributed by atoms with Crippen LogP contribution in [0.3, 0.4) is 0 Å². The number of benzene rings is 2. The van der Waals surface area contributed by atoms with E-state index in [0.29, 0.717) is 30.3 Å². The van der Waals surface area contributed by atoms with Gasteiger partial charge in [0.2, 0.25) is 0 Å². The summed E-state index contributed by atoms with van der Waals surface area (Å²) in [7, 11) is 1.91. The summed E-state index contributed by atoms with van der Waals surface area (Å²) < 4.78 is 19.1. The fraction of sp³-hybridized carbons (Fsp3) is 0.278. The number of rotatable bonds is 8. The van der Waals surface area contributed by atoms with Gasteiger partial charge in [0.05, 0.1) is 7.05 Å². The van der Waals surface area contributed by atoms with E-state index in [1.54, 1.807) is 42.5 Å². The molecule has 0 aromatic heterocycles. The molecule has 1 atom stereocenters. The van der Waals surface area contributed by atoms with Crippen LogP contribution in [0.15, 0.2) is 48.5 Å². The highest BCUT2D eigenvalue weighted by molar-refractivity contribution is 6.30. The van der Waals surface area contributed by atoms with Crippen molar-refractivity contribution in [2.45, 2.75) is 6.54 Å². The first kappa shape index (κ1) is 18.2. The molecule has 0 aliphatic rings. The maximum atomic E-state index is 13.5. The van der Waals surface area contributed by atoms with Crippen molar-refractivity contribution in [1.82, 2.24) is 5.32 Å². The predicted octanol–water partition coefficient (Wildman–Crippen LogP) is 1.69. The van der Waals surface area contributed by atoms with Gasteiger partial charge in [-0.3, -0.25) is 4.79 Å². The van der Waals surface area contributed by atoms with E-state index in [-0.39, 0.29) is 18.3 Å². The smallest absolute Gasteiger partial charge is 0.275 e. The Hall–Kier alpha value is -2.11. The molecular formula is C18H21ClFN2O2+. The number of nitrogens with one attached hydrogen (secondary N) is 2. The summed E-state index contributed by atoms with van der Waals surface area (Å²) in [5.41, 5.74) is 0.481. The Morgan fingerprint density at radius 3 is 2.62 bits per heavy atom. The third-order valence-corrected chi connectivity index (χ3v) is 3.76. The number of ether oxygens (including phenoxy) is 1. The van der Waals surface area contributed by atoms with E-state index >= 15 is 0 Å². The lowest BCUT2D eigenvalue weighted by Gasteiger charge is -2.14. The Kier molecular flexibility index (Phi) is 7.03. The van der Waals surface area contributed by atoms with Gasteiger partial charge in [-0.2, -0.15) is 0 Å². The van der Waals surface area contributed by atoms with Crippen molar-refractivity contribution >= 4 is 17.5 Å². The molecule has 0 bridgehead atoms. The summed E-state index contributed by atoms with van der Waals surface area (Å²) in [5.74, 6) is 0.313. The predicted molar refractivity (Wildman–Crippen MR) is 91.8 cm³/mol.